The van der Waals surface area contributed by atoms with E-state index in [0.717, 1.165) is 11.3 Å². The lowest BCUT2D eigenvalue weighted by Gasteiger charge is -1.97. The molecule has 1 aromatic heterocycles. The van der Waals surface area contributed by atoms with E-state index in [1.165, 1.54) is 7.11 Å². The molecule has 1 heterocycles. The summed E-state index contributed by atoms with van der Waals surface area (Å²) in [6.07, 6.45) is 5.12. The zero-order valence-corrected chi connectivity index (χ0v) is 7.14. The van der Waals surface area contributed by atoms with Crippen molar-refractivity contribution in [1.82, 2.24) is 0 Å². The summed E-state index contributed by atoms with van der Waals surface area (Å²) in [7, 11) is 1.40. The van der Waals surface area contributed by atoms with E-state index < -0.39 is 5.97 Å². The number of terminal acetylenes is 1. The van der Waals surface area contributed by atoms with Gasteiger partial charge in [-0.1, -0.05) is 5.92 Å². The Morgan fingerprint density at radius 2 is 2.50 bits per heavy atom. The first-order valence-electron chi connectivity index (χ1n) is 3.06. The molecule has 1 N–H and O–H groups in total. The summed E-state index contributed by atoms with van der Waals surface area (Å²) in [6, 6.07) is 0. The number of thiophene rings is 1. The van der Waals surface area contributed by atoms with Crippen molar-refractivity contribution in [3.8, 4) is 18.1 Å². The van der Waals surface area contributed by atoms with E-state index in [2.05, 4.69) is 5.92 Å². The molecule has 1 rings (SSSR count). The van der Waals surface area contributed by atoms with E-state index in [0.29, 0.717) is 5.56 Å². The van der Waals surface area contributed by atoms with E-state index in [-0.39, 0.29) is 10.6 Å². The van der Waals surface area contributed by atoms with Gasteiger partial charge >= 0.3 is 5.97 Å². The average molecular weight is 182 g/mol. The summed E-state index contributed by atoms with van der Waals surface area (Å²) in [6.45, 7) is 0. The van der Waals surface area contributed by atoms with Crippen LogP contribution < -0.4 is 4.74 Å². The van der Waals surface area contributed by atoms with Crippen LogP contribution in [0.15, 0.2) is 5.38 Å². The van der Waals surface area contributed by atoms with Crippen molar-refractivity contribution in [2.45, 2.75) is 0 Å². The first kappa shape index (κ1) is 8.62. The third-order valence-electron chi connectivity index (χ3n) is 1.30. The van der Waals surface area contributed by atoms with Gasteiger partial charge in [0, 0.05) is 5.38 Å². The van der Waals surface area contributed by atoms with Crippen molar-refractivity contribution in [2.75, 3.05) is 7.11 Å². The SMILES string of the molecule is C#Cc1csc(C(=O)O)c1OC. The molecular formula is C8H6O3S. The lowest BCUT2D eigenvalue weighted by atomic mass is 10.3. The molecule has 3 nitrogen and oxygen atoms in total. The van der Waals surface area contributed by atoms with Gasteiger partial charge in [0.15, 0.2) is 10.6 Å². The second-order valence-electron chi connectivity index (χ2n) is 1.96. The molecule has 0 bridgehead atoms. The largest absolute Gasteiger partial charge is 0.494 e. The Kier molecular flexibility index (Phi) is 2.36. The number of aromatic carboxylic acids is 1. The lowest BCUT2D eigenvalue weighted by Crippen LogP contribution is -1.96. The second kappa shape index (κ2) is 3.28. The molecule has 0 aliphatic rings. The molecule has 0 radical (unpaired) electrons. The fraction of sp³-hybridized carbons (Fsp3) is 0.125. The molecule has 1 aromatic rings. The fourth-order valence-corrected chi connectivity index (χ4v) is 1.61. The first-order valence-corrected chi connectivity index (χ1v) is 3.94. The van der Waals surface area contributed by atoms with E-state index in [1.54, 1.807) is 5.38 Å². The van der Waals surface area contributed by atoms with Gasteiger partial charge in [-0.2, -0.15) is 0 Å². The maximum atomic E-state index is 10.6. The normalized spacial score (nSPS) is 9.00. The van der Waals surface area contributed by atoms with Gasteiger partial charge in [-0.05, 0) is 0 Å². The van der Waals surface area contributed by atoms with Gasteiger partial charge in [0.25, 0.3) is 0 Å². The van der Waals surface area contributed by atoms with Crippen LogP contribution in [0, 0.1) is 12.3 Å². The number of carboxylic acid groups (broad SMARTS) is 1. The molecule has 0 saturated carbocycles. The van der Waals surface area contributed by atoms with Gasteiger partial charge in [-0.25, -0.2) is 4.79 Å². The molecular weight excluding hydrogens is 176 g/mol. The van der Waals surface area contributed by atoms with E-state index >= 15 is 0 Å². The molecule has 62 valence electrons. The molecule has 12 heavy (non-hydrogen) atoms. The average Bonchev–Trinajstić information content (AvgIpc) is 2.46. The Balaban J connectivity index is 3.25. The van der Waals surface area contributed by atoms with Crippen molar-refractivity contribution in [2.24, 2.45) is 0 Å². The van der Waals surface area contributed by atoms with Crippen molar-refractivity contribution in [3.63, 3.8) is 0 Å². The molecule has 0 aliphatic heterocycles. The summed E-state index contributed by atoms with van der Waals surface area (Å²) in [5.74, 6) is 1.60. The molecule has 0 fully saturated rings. The number of methoxy groups -OCH3 is 1. The van der Waals surface area contributed by atoms with Gasteiger partial charge in [0.1, 0.15) is 0 Å². The third kappa shape index (κ3) is 1.27. The highest BCUT2D eigenvalue weighted by Gasteiger charge is 2.16. The van der Waals surface area contributed by atoms with Crippen molar-refractivity contribution in [1.29, 1.82) is 0 Å². The third-order valence-corrected chi connectivity index (χ3v) is 2.25. The van der Waals surface area contributed by atoms with Crippen LogP contribution in [0.1, 0.15) is 15.2 Å². The smallest absolute Gasteiger partial charge is 0.349 e. The number of carbonyl (C=O) groups is 1. The number of rotatable bonds is 2. The van der Waals surface area contributed by atoms with Crippen molar-refractivity contribution in [3.05, 3.63) is 15.8 Å². The predicted molar refractivity (Wildman–Crippen MR) is 45.8 cm³/mol. The van der Waals surface area contributed by atoms with Crippen LogP contribution in [0.25, 0.3) is 0 Å². The van der Waals surface area contributed by atoms with Crippen LogP contribution in [0.5, 0.6) is 5.75 Å². The van der Waals surface area contributed by atoms with Crippen LogP contribution >= 0.6 is 11.3 Å². The first-order chi connectivity index (χ1) is 5.70. The Labute approximate surface area is 73.6 Å². The topological polar surface area (TPSA) is 46.5 Å². The van der Waals surface area contributed by atoms with E-state index in [1.807, 2.05) is 0 Å². The van der Waals surface area contributed by atoms with E-state index in [4.69, 9.17) is 16.3 Å². The van der Waals surface area contributed by atoms with E-state index in [9.17, 15) is 4.79 Å². The summed E-state index contributed by atoms with van der Waals surface area (Å²) >= 11 is 1.07. The molecule has 0 amide bonds. The van der Waals surface area contributed by atoms with Crippen LogP contribution in [-0.4, -0.2) is 18.2 Å². The number of ether oxygens (including phenoxy) is 1. The maximum absolute atomic E-state index is 10.6. The summed E-state index contributed by atoms with van der Waals surface area (Å²) in [5, 5.41) is 10.3. The van der Waals surface area contributed by atoms with Crippen molar-refractivity contribution < 1.29 is 14.6 Å². The molecule has 0 saturated heterocycles. The van der Waals surface area contributed by atoms with Crippen LogP contribution in [0.4, 0.5) is 0 Å². The summed E-state index contributed by atoms with van der Waals surface area (Å²) < 4.78 is 4.86. The Morgan fingerprint density at radius 3 is 2.92 bits per heavy atom. The molecule has 0 aromatic carbocycles. The second-order valence-corrected chi connectivity index (χ2v) is 2.84. The summed E-state index contributed by atoms with van der Waals surface area (Å²) in [4.78, 5) is 10.7. The molecule has 0 atom stereocenters. The standard InChI is InChI=1S/C8H6O3S/c1-3-5-4-12-7(8(9)10)6(5)11-2/h1,4H,2H3,(H,9,10). The lowest BCUT2D eigenvalue weighted by molar-refractivity contribution is 0.0699. The Bertz CT molecular complexity index is 346. The Morgan fingerprint density at radius 1 is 1.83 bits per heavy atom. The summed E-state index contributed by atoms with van der Waals surface area (Å²) in [5.41, 5.74) is 0.486. The van der Waals surface area contributed by atoms with Gasteiger partial charge in [-0.3, -0.25) is 0 Å². The Hall–Kier alpha value is -1.47. The molecule has 0 spiro atoms. The minimum atomic E-state index is -1.02. The molecule has 4 heteroatoms. The number of hydrogen-bond acceptors (Lipinski definition) is 3. The number of carboxylic acids is 1. The van der Waals surface area contributed by atoms with Gasteiger partial charge in [0.2, 0.25) is 0 Å². The van der Waals surface area contributed by atoms with Crippen LogP contribution in [0.3, 0.4) is 0 Å². The molecule has 0 unspecified atom stereocenters. The fourth-order valence-electron chi connectivity index (χ4n) is 0.797. The number of hydrogen-bond donors (Lipinski definition) is 1. The minimum absolute atomic E-state index is 0.144. The highest BCUT2D eigenvalue weighted by atomic mass is 32.1. The highest BCUT2D eigenvalue weighted by molar-refractivity contribution is 7.12. The van der Waals surface area contributed by atoms with Crippen LogP contribution in [-0.2, 0) is 0 Å². The maximum Gasteiger partial charge on any atom is 0.349 e. The monoisotopic (exact) mass is 182 g/mol. The highest BCUT2D eigenvalue weighted by Crippen LogP contribution is 2.29. The predicted octanol–water partition coefficient (Wildman–Crippen LogP) is 1.44. The molecule has 0 aliphatic carbocycles. The van der Waals surface area contributed by atoms with Gasteiger partial charge < -0.3 is 9.84 Å². The minimum Gasteiger partial charge on any atom is -0.494 e. The van der Waals surface area contributed by atoms with Crippen molar-refractivity contribution >= 4 is 17.3 Å². The van der Waals surface area contributed by atoms with Gasteiger partial charge in [-0.15, -0.1) is 17.8 Å². The zero-order valence-electron chi connectivity index (χ0n) is 6.33. The quantitative estimate of drug-likeness (QED) is 0.704. The zero-order chi connectivity index (χ0) is 9.14. The van der Waals surface area contributed by atoms with Crippen LogP contribution in [0.2, 0.25) is 0 Å². The van der Waals surface area contributed by atoms with Gasteiger partial charge in [0.05, 0.1) is 12.7 Å².